The van der Waals surface area contributed by atoms with E-state index in [1.54, 1.807) is 24.3 Å². The highest BCUT2D eigenvalue weighted by Crippen LogP contribution is 2.38. The Balaban J connectivity index is 0.000000437. The molecular formula is C24H31F5O7S2. The predicted octanol–water partition coefficient (Wildman–Crippen LogP) is 6.58. The molecule has 2 N–H and O–H groups in total. The lowest BCUT2D eigenvalue weighted by Gasteiger charge is -2.26. The molecule has 2 rings (SSSR count). The maximum Gasteiger partial charge on any atom is 0.421 e. The largest absolute Gasteiger partial charge is 0.421 e. The monoisotopic (exact) mass is 590 g/mol. The van der Waals surface area contributed by atoms with Gasteiger partial charge in [0, 0.05) is 0 Å². The summed E-state index contributed by atoms with van der Waals surface area (Å²) in [5.41, 5.74) is 2.15. The van der Waals surface area contributed by atoms with Crippen LogP contribution in [0.1, 0.15) is 69.1 Å². The first-order valence-corrected chi connectivity index (χ1v) is 14.3. The molecule has 0 radical (unpaired) electrons. The Kier molecular flexibility index (Phi) is 11.9. The third-order valence-corrected chi connectivity index (χ3v) is 7.65. The van der Waals surface area contributed by atoms with E-state index in [9.17, 15) is 38.8 Å². The highest BCUT2D eigenvalue weighted by molar-refractivity contribution is 7.87. The lowest BCUT2D eigenvalue weighted by Crippen LogP contribution is -2.51. The van der Waals surface area contributed by atoms with Crippen molar-refractivity contribution in [2.75, 3.05) is 0 Å². The second kappa shape index (κ2) is 13.3. The van der Waals surface area contributed by atoms with E-state index in [4.69, 9.17) is 9.11 Å². The van der Waals surface area contributed by atoms with Gasteiger partial charge in [0.2, 0.25) is 6.10 Å². The van der Waals surface area contributed by atoms with Crippen molar-refractivity contribution in [1.82, 2.24) is 0 Å². The quantitative estimate of drug-likeness (QED) is 0.237. The molecule has 0 aliphatic carbocycles. The number of hydrogen-bond donors (Lipinski definition) is 2. The van der Waals surface area contributed by atoms with Crippen LogP contribution in [0.2, 0.25) is 0 Å². The van der Waals surface area contributed by atoms with Crippen molar-refractivity contribution < 1.29 is 52.6 Å². The van der Waals surface area contributed by atoms with E-state index in [1.807, 2.05) is 13.8 Å². The Bertz CT molecular complexity index is 1230. The maximum absolute atomic E-state index is 13.3. The van der Waals surface area contributed by atoms with Crippen molar-refractivity contribution >= 4 is 20.2 Å². The van der Waals surface area contributed by atoms with Crippen LogP contribution in [-0.4, -0.2) is 43.5 Å². The molecule has 3 unspecified atom stereocenters. The van der Waals surface area contributed by atoms with Crippen molar-refractivity contribution in [3.8, 4) is 0 Å². The van der Waals surface area contributed by atoms with Crippen LogP contribution in [-0.2, 0) is 31.6 Å². The third-order valence-electron chi connectivity index (χ3n) is 5.88. The second-order valence-corrected chi connectivity index (χ2v) is 11.6. The molecule has 0 fully saturated rings. The molecule has 0 bridgehead atoms. The minimum Gasteiger partial charge on any atom is -0.357 e. The first-order chi connectivity index (χ1) is 17.3. The highest BCUT2D eigenvalue weighted by atomic mass is 32.2. The molecule has 2 aromatic rings. The summed E-state index contributed by atoms with van der Waals surface area (Å²) < 4.78 is 128. The number of benzene rings is 2. The van der Waals surface area contributed by atoms with Gasteiger partial charge >= 0.3 is 21.5 Å². The molecule has 2 aromatic carbocycles. The highest BCUT2D eigenvalue weighted by Gasteiger charge is 2.64. The molecule has 0 aromatic heterocycles. The minimum absolute atomic E-state index is 0.0513. The van der Waals surface area contributed by atoms with Gasteiger partial charge in [-0.05, 0) is 53.5 Å². The topological polar surface area (TPSA) is 118 Å². The number of halogens is 5. The van der Waals surface area contributed by atoms with Crippen molar-refractivity contribution in [2.24, 2.45) is 0 Å². The second-order valence-electron chi connectivity index (χ2n) is 8.67. The standard InChI is InChI=1S/C14H17F5O4S.C10H14O3S/c1-3-9(2)11-6-4-10(5-7-11)8-23-12(13(15,16)17)14(18,19)24(20,21)22;1-3-8(2)9-4-6-10(7-5-9)14(11,12)13/h4-7,9,12H,3,8H2,1-2H3,(H,20,21,22);4-8H,3H2,1-2H3,(H,11,12,13). The van der Waals surface area contributed by atoms with Crippen LogP contribution >= 0.6 is 0 Å². The summed E-state index contributed by atoms with van der Waals surface area (Å²) >= 11 is 0. The normalized spacial score (nSPS) is 15.2. The predicted molar refractivity (Wildman–Crippen MR) is 131 cm³/mol. The number of hydrogen-bond acceptors (Lipinski definition) is 5. The van der Waals surface area contributed by atoms with Gasteiger partial charge in [-0.15, -0.1) is 0 Å². The number of ether oxygens (including phenoxy) is 1. The Morgan fingerprint density at radius 3 is 1.47 bits per heavy atom. The van der Waals surface area contributed by atoms with Crippen molar-refractivity contribution in [3.05, 3.63) is 65.2 Å². The van der Waals surface area contributed by atoms with Crippen LogP contribution in [0.15, 0.2) is 53.4 Å². The van der Waals surface area contributed by atoms with Gasteiger partial charge in [-0.25, -0.2) is 0 Å². The average Bonchev–Trinajstić information content (AvgIpc) is 2.81. The van der Waals surface area contributed by atoms with Gasteiger partial charge in [0.25, 0.3) is 10.1 Å². The minimum atomic E-state index is -6.29. The van der Waals surface area contributed by atoms with Gasteiger partial charge in [0.05, 0.1) is 11.5 Å². The summed E-state index contributed by atoms with van der Waals surface area (Å²) in [7, 11) is -10.3. The zero-order valence-electron chi connectivity index (χ0n) is 21.1. The molecular weight excluding hydrogens is 559 g/mol. The molecule has 14 heteroatoms. The van der Waals surface area contributed by atoms with Crippen molar-refractivity contribution in [3.63, 3.8) is 0 Å². The van der Waals surface area contributed by atoms with E-state index in [2.05, 4.69) is 18.6 Å². The fourth-order valence-electron chi connectivity index (χ4n) is 3.08. The summed E-state index contributed by atoms with van der Waals surface area (Å²) in [5.74, 6) is 0.622. The summed E-state index contributed by atoms with van der Waals surface area (Å²) in [6.45, 7) is 7.14. The van der Waals surface area contributed by atoms with Crippen LogP contribution in [0.4, 0.5) is 22.0 Å². The molecule has 0 heterocycles. The Morgan fingerprint density at radius 1 is 0.763 bits per heavy atom. The molecule has 0 saturated heterocycles. The van der Waals surface area contributed by atoms with E-state index in [0.29, 0.717) is 5.92 Å². The SMILES string of the molecule is CCC(C)c1ccc(COC(C(F)(F)F)C(F)(F)S(=O)(=O)O)cc1.CCC(C)c1ccc(S(=O)(=O)O)cc1. The average molecular weight is 591 g/mol. The summed E-state index contributed by atoms with van der Waals surface area (Å²) in [6, 6.07) is 12.4. The molecule has 0 saturated carbocycles. The molecule has 38 heavy (non-hydrogen) atoms. The fourth-order valence-corrected chi connectivity index (χ4v) is 4.03. The van der Waals surface area contributed by atoms with E-state index < -0.39 is 44.4 Å². The molecule has 0 aliphatic rings. The van der Waals surface area contributed by atoms with Crippen LogP contribution in [0.25, 0.3) is 0 Å². The van der Waals surface area contributed by atoms with E-state index in [1.165, 1.54) is 24.3 Å². The smallest absolute Gasteiger partial charge is 0.357 e. The summed E-state index contributed by atoms with van der Waals surface area (Å²) in [4.78, 5) is -0.0513. The Hall–Kier alpha value is -2.13. The molecule has 216 valence electrons. The zero-order chi connectivity index (χ0) is 29.5. The van der Waals surface area contributed by atoms with Crippen LogP contribution in [0.5, 0.6) is 0 Å². The first-order valence-electron chi connectivity index (χ1n) is 11.4. The van der Waals surface area contributed by atoms with Gasteiger partial charge in [-0.2, -0.15) is 38.8 Å². The lowest BCUT2D eigenvalue weighted by molar-refractivity contribution is -0.267. The molecule has 0 spiro atoms. The lowest BCUT2D eigenvalue weighted by atomic mass is 9.98. The van der Waals surface area contributed by atoms with Crippen molar-refractivity contribution in [1.29, 1.82) is 0 Å². The van der Waals surface area contributed by atoms with Gasteiger partial charge in [0.1, 0.15) is 0 Å². The van der Waals surface area contributed by atoms with Gasteiger partial charge in [0.15, 0.2) is 0 Å². The number of rotatable bonds is 10. The van der Waals surface area contributed by atoms with E-state index >= 15 is 0 Å². The van der Waals surface area contributed by atoms with Crippen LogP contribution in [0.3, 0.4) is 0 Å². The molecule has 3 atom stereocenters. The maximum atomic E-state index is 13.3. The first kappa shape index (κ1) is 33.9. The zero-order valence-corrected chi connectivity index (χ0v) is 22.7. The van der Waals surface area contributed by atoms with Crippen LogP contribution in [0, 0.1) is 0 Å². The molecule has 0 amide bonds. The fraction of sp³-hybridized carbons (Fsp3) is 0.500. The summed E-state index contributed by atoms with van der Waals surface area (Å²) in [6.07, 6.45) is -7.82. The summed E-state index contributed by atoms with van der Waals surface area (Å²) in [5, 5.41) is -5.51. The van der Waals surface area contributed by atoms with Crippen molar-refractivity contribution in [2.45, 2.75) is 81.4 Å². The van der Waals surface area contributed by atoms with E-state index in [0.717, 1.165) is 24.0 Å². The number of alkyl halides is 5. The van der Waals surface area contributed by atoms with Gasteiger partial charge in [-0.1, -0.05) is 64.1 Å². The van der Waals surface area contributed by atoms with Crippen LogP contribution < -0.4 is 0 Å². The molecule has 0 aliphatic heterocycles. The van der Waals surface area contributed by atoms with E-state index in [-0.39, 0.29) is 16.4 Å². The Morgan fingerprint density at radius 2 is 1.16 bits per heavy atom. The third kappa shape index (κ3) is 9.56. The van der Waals surface area contributed by atoms with Gasteiger partial charge < -0.3 is 4.74 Å². The Labute approximate surface area is 219 Å². The molecule has 7 nitrogen and oxygen atoms in total. The van der Waals surface area contributed by atoms with Gasteiger partial charge in [-0.3, -0.25) is 9.11 Å².